The van der Waals surface area contributed by atoms with Gasteiger partial charge in [0.2, 0.25) is 0 Å². The standard InChI is InChI=1S/C23H23ClN2O3S/c1-15-5-4-6-18(12-15)14-25-23(27)19-8-9-20(24)22(13-19)30(28,29)26-21-10-7-16(2)11-17(21)3/h4-13,26H,14H2,1-3H3,(H,25,27). The molecule has 0 bridgehead atoms. The number of rotatable bonds is 6. The second-order valence-corrected chi connectivity index (χ2v) is 9.30. The zero-order valence-corrected chi connectivity index (χ0v) is 18.6. The maximum Gasteiger partial charge on any atom is 0.263 e. The Labute approximate surface area is 182 Å². The fourth-order valence-electron chi connectivity index (χ4n) is 3.08. The molecule has 0 unspecified atom stereocenters. The van der Waals surface area contributed by atoms with Crippen molar-refractivity contribution in [2.45, 2.75) is 32.2 Å². The molecule has 3 aromatic rings. The number of aryl methyl sites for hydroxylation is 3. The minimum absolute atomic E-state index is 0.0440. The molecule has 0 spiro atoms. The molecular formula is C23H23ClN2O3S. The summed E-state index contributed by atoms with van der Waals surface area (Å²) in [6, 6.07) is 17.4. The van der Waals surface area contributed by atoms with Crippen LogP contribution in [0.4, 0.5) is 5.69 Å². The van der Waals surface area contributed by atoms with E-state index in [4.69, 9.17) is 11.6 Å². The minimum atomic E-state index is -3.97. The third-order valence-corrected chi connectivity index (χ3v) is 6.49. The number of anilines is 1. The highest BCUT2D eigenvalue weighted by atomic mass is 35.5. The molecule has 0 atom stereocenters. The van der Waals surface area contributed by atoms with Crippen LogP contribution >= 0.6 is 11.6 Å². The molecule has 0 radical (unpaired) electrons. The second kappa shape index (κ2) is 8.90. The van der Waals surface area contributed by atoms with Crippen LogP contribution in [0.3, 0.4) is 0 Å². The van der Waals surface area contributed by atoms with Gasteiger partial charge in [0.05, 0.1) is 10.7 Å². The molecule has 7 heteroatoms. The molecule has 2 N–H and O–H groups in total. The summed E-state index contributed by atoms with van der Waals surface area (Å²) in [5.74, 6) is -0.379. The summed E-state index contributed by atoms with van der Waals surface area (Å²) < 4.78 is 28.4. The predicted molar refractivity (Wildman–Crippen MR) is 121 cm³/mol. The van der Waals surface area contributed by atoms with Crippen LogP contribution in [0.5, 0.6) is 0 Å². The maximum absolute atomic E-state index is 12.9. The van der Waals surface area contributed by atoms with Gasteiger partial charge in [-0.1, -0.05) is 59.1 Å². The summed E-state index contributed by atoms with van der Waals surface area (Å²) in [7, 11) is -3.97. The number of benzene rings is 3. The van der Waals surface area contributed by atoms with Crippen LogP contribution < -0.4 is 10.0 Å². The predicted octanol–water partition coefficient (Wildman–Crippen LogP) is 5.00. The lowest BCUT2D eigenvalue weighted by atomic mass is 10.1. The van der Waals surface area contributed by atoms with E-state index in [2.05, 4.69) is 10.0 Å². The van der Waals surface area contributed by atoms with Crippen molar-refractivity contribution in [2.75, 3.05) is 4.72 Å². The van der Waals surface area contributed by atoms with Crippen molar-refractivity contribution in [1.82, 2.24) is 5.32 Å². The summed E-state index contributed by atoms with van der Waals surface area (Å²) in [5, 5.41) is 2.85. The molecule has 156 valence electrons. The fourth-order valence-corrected chi connectivity index (χ4v) is 4.74. The van der Waals surface area contributed by atoms with E-state index in [1.54, 1.807) is 6.07 Å². The normalized spacial score (nSPS) is 11.2. The Bertz CT molecular complexity index is 1210. The molecule has 3 rings (SSSR count). The van der Waals surface area contributed by atoms with E-state index < -0.39 is 10.0 Å². The number of carbonyl (C=O) groups is 1. The van der Waals surface area contributed by atoms with Crippen molar-refractivity contribution in [3.63, 3.8) is 0 Å². The number of amides is 1. The van der Waals surface area contributed by atoms with Crippen molar-refractivity contribution in [3.8, 4) is 0 Å². The molecule has 0 saturated carbocycles. The molecule has 0 aromatic heterocycles. The van der Waals surface area contributed by atoms with Crippen molar-refractivity contribution < 1.29 is 13.2 Å². The molecule has 5 nitrogen and oxygen atoms in total. The minimum Gasteiger partial charge on any atom is -0.348 e. The summed E-state index contributed by atoms with van der Waals surface area (Å²) in [6.45, 7) is 6.07. The first kappa shape index (κ1) is 21.9. The van der Waals surface area contributed by atoms with Gasteiger partial charge in [0.15, 0.2) is 0 Å². The van der Waals surface area contributed by atoms with Gasteiger partial charge < -0.3 is 5.32 Å². The van der Waals surface area contributed by atoms with E-state index in [1.165, 1.54) is 18.2 Å². The van der Waals surface area contributed by atoms with Gasteiger partial charge in [-0.2, -0.15) is 0 Å². The Kier molecular flexibility index (Phi) is 6.48. The molecule has 3 aromatic carbocycles. The van der Waals surface area contributed by atoms with Gasteiger partial charge in [-0.05, 0) is 56.2 Å². The topological polar surface area (TPSA) is 75.3 Å². The lowest BCUT2D eigenvalue weighted by Gasteiger charge is -2.13. The Morgan fingerprint density at radius 1 is 0.933 bits per heavy atom. The Hall–Kier alpha value is -2.83. The molecule has 0 aliphatic rings. The summed E-state index contributed by atoms with van der Waals surface area (Å²) >= 11 is 6.16. The van der Waals surface area contributed by atoms with Gasteiger partial charge in [-0.3, -0.25) is 9.52 Å². The van der Waals surface area contributed by atoms with Gasteiger partial charge in [-0.15, -0.1) is 0 Å². The van der Waals surface area contributed by atoms with Crippen molar-refractivity contribution in [3.05, 3.63) is 93.5 Å². The average Bonchev–Trinajstić information content (AvgIpc) is 2.68. The first-order chi connectivity index (χ1) is 14.2. The smallest absolute Gasteiger partial charge is 0.263 e. The molecule has 1 amide bonds. The quantitative estimate of drug-likeness (QED) is 0.564. The van der Waals surface area contributed by atoms with Crippen LogP contribution in [0, 0.1) is 20.8 Å². The lowest BCUT2D eigenvalue weighted by molar-refractivity contribution is 0.0950. The van der Waals surface area contributed by atoms with E-state index in [0.717, 1.165) is 22.3 Å². The number of nitrogens with one attached hydrogen (secondary N) is 2. The summed E-state index contributed by atoms with van der Waals surface area (Å²) in [6.07, 6.45) is 0. The van der Waals surface area contributed by atoms with Gasteiger partial charge in [0.1, 0.15) is 4.90 Å². The van der Waals surface area contributed by atoms with E-state index in [9.17, 15) is 13.2 Å². The van der Waals surface area contributed by atoms with Crippen LogP contribution in [0.2, 0.25) is 5.02 Å². The first-order valence-corrected chi connectivity index (χ1v) is 11.3. The molecule has 0 saturated heterocycles. The SMILES string of the molecule is Cc1cccc(CNC(=O)c2ccc(Cl)c(S(=O)(=O)Nc3ccc(C)cc3C)c2)c1. The summed E-state index contributed by atoms with van der Waals surface area (Å²) in [5.41, 5.74) is 4.56. The maximum atomic E-state index is 12.9. The molecular weight excluding hydrogens is 420 g/mol. The molecule has 0 fully saturated rings. The van der Waals surface area contributed by atoms with Crippen LogP contribution in [-0.4, -0.2) is 14.3 Å². The van der Waals surface area contributed by atoms with Crippen LogP contribution in [0.15, 0.2) is 65.6 Å². The van der Waals surface area contributed by atoms with E-state index in [1.807, 2.05) is 57.2 Å². The van der Waals surface area contributed by atoms with E-state index in [0.29, 0.717) is 12.2 Å². The fraction of sp³-hybridized carbons (Fsp3) is 0.174. The van der Waals surface area contributed by atoms with Gasteiger partial charge in [0, 0.05) is 12.1 Å². The van der Waals surface area contributed by atoms with Crippen LogP contribution in [-0.2, 0) is 16.6 Å². The average molecular weight is 443 g/mol. The van der Waals surface area contributed by atoms with Gasteiger partial charge in [0.25, 0.3) is 15.9 Å². The van der Waals surface area contributed by atoms with Gasteiger partial charge >= 0.3 is 0 Å². The number of sulfonamides is 1. The molecule has 0 heterocycles. The third kappa shape index (κ3) is 5.20. The molecule has 0 aliphatic heterocycles. The molecule has 30 heavy (non-hydrogen) atoms. The van der Waals surface area contributed by atoms with Crippen molar-refractivity contribution in [2.24, 2.45) is 0 Å². The number of hydrogen-bond acceptors (Lipinski definition) is 3. The highest BCUT2D eigenvalue weighted by Crippen LogP contribution is 2.26. The van der Waals surface area contributed by atoms with E-state index >= 15 is 0 Å². The Morgan fingerprint density at radius 2 is 1.67 bits per heavy atom. The summed E-state index contributed by atoms with van der Waals surface area (Å²) in [4.78, 5) is 12.4. The van der Waals surface area contributed by atoms with Crippen LogP contribution in [0.1, 0.15) is 32.6 Å². The number of hydrogen-bond donors (Lipinski definition) is 2. The monoisotopic (exact) mass is 442 g/mol. The zero-order valence-electron chi connectivity index (χ0n) is 17.0. The number of halogens is 1. The highest BCUT2D eigenvalue weighted by Gasteiger charge is 2.21. The third-order valence-electron chi connectivity index (χ3n) is 4.64. The van der Waals surface area contributed by atoms with Crippen LogP contribution in [0.25, 0.3) is 0 Å². The van der Waals surface area contributed by atoms with Crippen molar-refractivity contribution in [1.29, 1.82) is 0 Å². The Morgan fingerprint density at radius 3 is 2.37 bits per heavy atom. The van der Waals surface area contributed by atoms with E-state index in [-0.39, 0.29) is 21.4 Å². The lowest BCUT2D eigenvalue weighted by Crippen LogP contribution is -2.23. The van der Waals surface area contributed by atoms with Crippen molar-refractivity contribution >= 4 is 33.2 Å². The first-order valence-electron chi connectivity index (χ1n) is 9.39. The highest BCUT2D eigenvalue weighted by molar-refractivity contribution is 7.92. The second-order valence-electron chi connectivity index (χ2n) is 7.24. The largest absolute Gasteiger partial charge is 0.348 e. The van der Waals surface area contributed by atoms with Gasteiger partial charge in [-0.25, -0.2) is 8.42 Å². The Balaban J connectivity index is 1.82. The number of carbonyl (C=O) groups excluding carboxylic acids is 1. The molecule has 0 aliphatic carbocycles. The zero-order chi connectivity index (χ0) is 21.9.